The van der Waals surface area contributed by atoms with Crippen LogP contribution in [0, 0.1) is 0 Å². The van der Waals surface area contributed by atoms with Crippen LogP contribution in [-0.4, -0.2) is 27.6 Å². The number of halogens is 3. The predicted octanol–water partition coefficient (Wildman–Crippen LogP) is 3.52. The van der Waals surface area contributed by atoms with E-state index >= 15 is 0 Å². The number of rotatable bonds is 2. The maximum Gasteiger partial charge on any atom is 0.416 e. The molecule has 3 heterocycles. The molecule has 1 atom stereocenters. The molecule has 1 unspecified atom stereocenters. The van der Waals surface area contributed by atoms with Gasteiger partial charge in [-0.25, -0.2) is 4.98 Å². The number of oxazole rings is 1. The van der Waals surface area contributed by atoms with Crippen molar-refractivity contribution in [1.29, 1.82) is 0 Å². The molecule has 0 aliphatic carbocycles. The van der Waals surface area contributed by atoms with E-state index in [0.717, 1.165) is 6.07 Å². The lowest BCUT2D eigenvalue weighted by Crippen LogP contribution is -2.39. The minimum absolute atomic E-state index is 0.0774. The van der Waals surface area contributed by atoms with Gasteiger partial charge >= 0.3 is 6.18 Å². The average molecular weight is 443 g/mol. The molecule has 0 saturated carbocycles. The highest BCUT2D eigenvalue weighted by atomic mass is 19.4. The van der Waals surface area contributed by atoms with Crippen molar-refractivity contribution in [1.82, 2.24) is 15.2 Å². The molecule has 5 rings (SSSR count). The van der Waals surface area contributed by atoms with Gasteiger partial charge in [-0.2, -0.15) is 13.2 Å². The van der Waals surface area contributed by atoms with Crippen LogP contribution in [0.15, 0.2) is 40.8 Å². The Morgan fingerprint density at radius 2 is 1.97 bits per heavy atom. The van der Waals surface area contributed by atoms with Crippen LogP contribution in [0.25, 0.3) is 11.1 Å². The van der Waals surface area contributed by atoms with Crippen molar-refractivity contribution in [3.8, 4) is 0 Å². The fourth-order valence-electron chi connectivity index (χ4n) is 4.17. The molecule has 0 bridgehead atoms. The average Bonchev–Trinajstić information content (AvgIpc) is 3.35. The highest BCUT2D eigenvalue weighted by Crippen LogP contribution is 2.37. The maximum absolute atomic E-state index is 13.3. The third-order valence-corrected chi connectivity index (χ3v) is 5.77. The number of hydrogen-bond acceptors (Lipinski definition) is 5. The van der Waals surface area contributed by atoms with E-state index in [9.17, 15) is 27.6 Å². The first kappa shape index (κ1) is 20.2. The topological polar surface area (TPSA) is 92.5 Å². The molecule has 0 radical (unpaired) electrons. The summed E-state index contributed by atoms with van der Waals surface area (Å²) in [6.07, 6.45) is -4.04. The van der Waals surface area contributed by atoms with Crippen molar-refractivity contribution in [3.05, 3.63) is 64.5 Å². The van der Waals surface area contributed by atoms with Gasteiger partial charge in [0, 0.05) is 25.1 Å². The standard InChI is InChI=1S/C22H16F3N3O4/c23-22(24,25)15-3-1-2-12-9-28(10-14(12)15)21(31)11-4-6-16-17(8-11)32-20(26-16)13-5-7-18(29)27-19(13)30/h1-4,6,8,13H,5,7,9-10H2,(H,27,29,30). The minimum Gasteiger partial charge on any atom is -0.440 e. The second-order valence-corrected chi connectivity index (χ2v) is 7.84. The summed E-state index contributed by atoms with van der Waals surface area (Å²) in [4.78, 5) is 42.0. The van der Waals surface area contributed by atoms with Crippen molar-refractivity contribution < 1.29 is 32.0 Å². The number of alkyl halides is 3. The summed E-state index contributed by atoms with van der Waals surface area (Å²) >= 11 is 0. The number of aromatic nitrogens is 1. The highest BCUT2D eigenvalue weighted by molar-refractivity contribution is 6.01. The number of nitrogens with zero attached hydrogens (tertiary/aromatic N) is 2. The number of carbonyl (C=O) groups excluding carboxylic acids is 3. The third-order valence-electron chi connectivity index (χ3n) is 5.77. The van der Waals surface area contributed by atoms with Gasteiger partial charge < -0.3 is 9.32 Å². The van der Waals surface area contributed by atoms with Crippen molar-refractivity contribution in [2.75, 3.05) is 0 Å². The van der Waals surface area contributed by atoms with Gasteiger partial charge in [-0.15, -0.1) is 0 Å². The van der Waals surface area contributed by atoms with E-state index in [4.69, 9.17) is 4.42 Å². The van der Waals surface area contributed by atoms with E-state index in [2.05, 4.69) is 10.3 Å². The summed E-state index contributed by atoms with van der Waals surface area (Å²) in [6.45, 7) is -0.0616. The number of nitrogens with one attached hydrogen (secondary N) is 1. The van der Waals surface area contributed by atoms with Crippen LogP contribution in [0.4, 0.5) is 13.2 Å². The first-order chi connectivity index (χ1) is 15.2. The Morgan fingerprint density at radius 3 is 2.72 bits per heavy atom. The molecule has 2 aromatic carbocycles. The molecule has 3 aromatic rings. The maximum atomic E-state index is 13.3. The van der Waals surface area contributed by atoms with E-state index < -0.39 is 29.5 Å². The summed E-state index contributed by atoms with van der Waals surface area (Å²) in [5.41, 5.74) is 0.798. The fraction of sp³-hybridized carbons (Fsp3) is 0.273. The van der Waals surface area contributed by atoms with Crippen LogP contribution >= 0.6 is 0 Å². The molecule has 10 heteroatoms. The monoisotopic (exact) mass is 443 g/mol. The van der Waals surface area contributed by atoms with Gasteiger partial charge in [0.15, 0.2) is 5.58 Å². The van der Waals surface area contributed by atoms with Crippen LogP contribution in [0.1, 0.15) is 51.7 Å². The number of piperidine rings is 1. The van der Waals surface area contributed by atoms with Crippen LogP contribution in [0.2, 0.25) is 0 Å². The molecule has 2 aliphatic rings. The first-order valence-corrected chi connectivity index (χ1v) is 9.92. The molecule has 1 N–H and O–H groups in total. The Labute approximate surface area is 179 Å². The largest absolute Gasteiger partial charge is 0.440 e. The molecule has 32 heavy (non-hydrogen) atoms. The summed E-state index contributed by atoms with van der Waals surface area (Å²) in [5, 5.41) is 2.24. The van der Waals surface area contributed by atoms with E-state index in [1.165, 1.54) is 23.1 Å². The molecule has 1 aromatic heterocycles. The lowest BCUT2D eigenvalue weighted by molar-refractivity contribution is -0.138. The van der Waals surface area contributed by atoms with Crippen LogP contribution in [0.3, 0.4) is 0 Å². The van der Waals surface area contributed by atoms with Crippen LogP contribution in [-0.2, 0) is 28.9 Å². The van der Waals surface area contributed by atoms with Crippen molar-refractivity contribution >= 4 is 28.8 Å². The molecule has 1 saturated heterocycles. The Kier molecular flexibility index (Phi) is 4.54. The summed E-state index contributed by atoms with van der Waals surface area (Å²) < 4.78 is 45.6. The Bertz CT molecular complexity index is 1280. The smallest absolute Gasteiger partial charge is 0.416 e. The quantitative estimate of drug-likeness (QED) is 0.612. The van der Waals surface area contributed by atoms with E-state index in [-0.39, 0.29) is 54.4 Å². The molecule has 0 spiro atoms. The Balaban J connectivity index is 1.40. The molecular weight excluding hydrogens is 427 g/mol. The lowest BCUT2D eigenvalue weighted by Gasteiger charge is -2.17. The minimum atomic E-state index is -4.49. The molecule has 2 aliphatic heterocycles. The first-order valence-electron chi connectivity index (χ1n) is 9.92. The van der Waals surface area contributed by atoms with Gasteiger partial charge in [0.2, 0.25) is 17.7 Å². The zero-order chi connectivity index (χ0) is 22.6. The second kappa shape index (κ2) is 7.18. The highest BCUT2D eigenvalue weighted by Gasteiger charge is 2.37. The fourth-order valence-corrected chi connectivity index (χ4v) is 4.17. The van der Waals surface area contributed by atoms with Crippen LogP contribution in [0.5, 0.6) is 0 Å². The van der Waals surface area contributed by atoms with Crippen LogP contribution < -0.4 is 5.32 Å². The molecule has 1 fully saturated rings. The Hall–Kier alpha value is -3.69. The summed E-state index contributed by atoms with van der Waals surface area (Å²) in [5.74, 6) is -1.82. The molecule has 3 amide bonds. The van der Waals surface area contributed by atoms with Gasteiger partial charge in [0.1, 0.15) is 11.4 Å². The number of benzene rings is 2. The second-order valence-electron chi connectivity index (χ2n) is 7.84. The number of carbonyl (C=O) groups is 3. The SMILES string of the molecule is O=C1CCC(c2nc3ccc(C(=O)N4Cc5cccc(C(F)(F)F)c5C4)cc3o2)C(=O)N1. The number of imide groups is 1. The van der Waals surface area contributed by atoms with Crippen molar-refractivity contribution in [3.63, 3.8) is 0 Å². The van der Waals surface area contributed by atoms with E-state index in [0.29, 0.717) is 11.1 Å². The van der Waals surface area contributed by atoms with E-state index in [1.54, 1.807) is 12.1 Å². The molecule has 164 valence electrons. The lowest BCUT2D eigenvalue weighted by atomic mass is 9.98. The van der Waals surface area contributed by atoms with Gasteiger partial charge in [0.05, 0.1) is 5.56 Å². The van der Waals surface area contributed by atoms with Crippen molar-refractivity contribution in [2.45, 2.75) is 38.0 Å². The van der Waals surface area contributed by atoms with Crippen molar-refractivity contribution in [2.24, 2.45) is 0 Å². The number of amides is 3. The molecule has 7 nitrogen and oxygen atoms in total. The van der Waals surface area contributed by atoms with E-state index in [1.807, 2.05) is 0 Å². The predicted molar refractivity (Wildman–Crippen MR) is 104 cm³/mol. The summed E-state index contributed by atoms with van der Waals surface area (Å²) in [6, 6.07) is 8.49. The Morgan fingerprint density at radius 1 is 1.16 bits per heavy atom. The third kappa shape index (κ3) is 3.41. The van der Waals surface area contributed by atoms with Gasteiger partial charge in [0.25, 0.3) is 5.91 Å². The van der Waals surface area contributed by atoms with Gasteiger partial charge in [-0.1, -0.05) is 12.1 Å². The number of hydrogen-bond donors (Lipinski definition) is 1. The normalized spacial score (nSPS) is 18.7. The zero-order valence-electron chi connectivity index (χ0n) is 16.5. The summed E-state index contributed by atoms with van der Waals surface area (Å²) in [7, 11) is 0. The zero-order valence-corrected chi connectivity index (χ0v) is 16.5. The van der Waals surface area contributed by atoms with Gasteiger partial charge in [-0.3, -0.25) is 19.7 Å². The molecular formula is C22H16F3N3O4. The van der Waals surface area contributed by atoms with Gasteiger partial charge in [-0.05, 0) is 41.8 Å². The number of fused-ring (bicyclic) bond motifs is 2.